The highest BCUT2D eigenvalue weighted by atomic mass is 32.1. The van der Waals surface area contributed by atoms with Gasteiger partial charge in [-0.3, -0.25) is 4.79 Å². The van der Waals surface area contributed by atoms with Gasteiger partial charge in [0, 0.05) is 18.8 Å². The second-order valence-electron chi connectivity index (χ2n) is 6.58. The molecule has 1 aromatic carbocycles. The number of rotatable bonds is 9. The second-order valence-corrected chi connectivity index (χ2v) is 7.67. The number of benzene rings is 1. The lowest BCUT2D eigenvalue weighted by molar-refractivity contribution is 0.0954. The molecule has 0 aliphatic rings. The molecule has 0 radical (unpaired) electrons. The first-order valence-electron chi connectivity index (χ1n) is 9.52. The van der Waals surface area contributed by atoms with Gasteiger partial charge in [-0.2, -0.15) is 0 Å². The number of nitrogens with one attached hydrogen (secondary N) is 1. The molecule has 28 heavy (non-hydrogen) atoms. The molecule has 0 aliphatic carbocycles. The number of carbonyl (C=O) groups is 1. The molecule has 0 spiro atoms. The largest absolute Gasteiger partial charge is 0.473 e. The van der Waals surface area contributed by atoms with Gasteiger partial charge in [0.15, 0.2) is 0 Å². The summed E-state index contributed by atoms with van der Waals surface area (Å²) in [4.78, 5) is 22.0. The van der Waals surface area contributed by atoms with Gasteiger partial charge in [-0.05, 0) is 37.0 Å². The Morgan fingerprint density at radius 2 is 2.00 bits per heavy atom. The number of hydrogen-bond donors (Lipinski definition) is 1. The second kappa shape index (κ2) is 9.99. The van der Waals surface area contributed by atoms with E-state index >= 15 is 0 Å². The maximum atomic E-state index is 12.5. The molecular weight excluding hydrogens is 370 g/mol. The zero-order valence-electron chi connectivity index (χ0n) is 16.3. The van der Waals surface area contributed by atoms with Crippen molar-refractivity contribution in [3.63, 3.8) is 0 Å². The summed E-state index contributed by atoms with van der Waals surface area (Å²) in [6, 6.07) is 13.7. The van der Waals surface area contributed by atoms with E-state index in [9.17, 15) is 4.79 Å². The number of carbonyl (C=O) groups excluding carboxylic acids is 1. The highest BCUT2D eigenvalue weighted by molar-refractivity contribution is 7.13. The molecule has 0 atom stereocenters. The van der Waals surface area contributed by atoms with E-state index in [-0.39, 0.29) is 5.91 Å². The fourth-order valence-electron chi connectivity index (χ4n) is 2.73. The van der Waals surface area contributed by atoms with Gasteiger partial charge in [-0.25, -0.2) is 9.97 Å². The lowest BCUT2D eigenvalue weighted by Gasteiger charge is -2.08. The van der Waals surface area contributed by atoms with Crippen LogP contribution in [0.25, 0.3) is 0 Å². The van der Waals surface area contributed by atoms with Gasteiger partial charge in [0.05, 0.1) is 10.7 Å². The Bertz CT molecular complexity index is 909. The minimum atomic E-state index is -0.0821. The van der Waals surface area contributed by atoms with Crippen molar-refractivity contribution in [2.75, 3.05) is 0 Å². The van der Waals surface area contributed by atoms with Gasteiger partial charge in [-0.15, -0.1) is 11.3 Å². The van der Waals surface area contributed by atoms with Gasteiger partial charge in [0.25, 0.3) is 5.91 Å². The number of pyridine rings is 1. The fourth-order valence-corrected chi connectivity index (χ4v) is 3.75. The smallest absolute Gasteiger partial charge is 0.263 e. The van der Waals surface area contributed by atoms with Crippen molar-refractivity contribution in [1.82, 2.24) is 15.3 Å². The average Bonchev–Trinajstić information content (AvgIpc) is 3.10. The van der Waals surface area contributed by atoms with E-state index in [1.54, 1.807) is 6.20 Å². The number of hydrogen-bond acceptors (Lipinski definition) is 5. The van der Waals surface area contributed by atoms with Crippen LogP contribution >= 0.6 is 11.3 Å². The van der Waals surface area contributed by atoms with E-state index in [1.165, 1.54) is 11.3 Å². The van der Waals surface area contributed by atoms with Crippen molar-refractivity contribution < 1.29 is 9.53 Å². The zero-order valence-corrected chi connectivity index (χ0v) is 17.1. The molecule has 2 aromatic heterocycles. The molecule has 5 nitrogen and oxygen atoms in total. The van der Waals surface area contributed by atoms with E-state index in [4.69, 9.17) is 4.74 Å². The minimum absolute atomic E-state index is 0.0821. The van der Waals surface area contributed by atoms with Crippen LogP contribution in [0.15, 0.2) is 48.7 Å². The predicted octanol–water partition coefficient (Wildman–Crippen LogP) is 4.70. The summed E-state index contributed by atoms with van der Waals surface area (Å²) in [5, 5.41) is 4.01. The highest BCUT2D eigenvalue weighted by Crippen LogP contribution is 2.20. The fraction of sp³-hybridized carbons (Fsp3) is 0.318. The van der Waals surface area contributed by atoms with E-state index in [1.807, 2.05) is 49.4 Å². The van der Waals surface area contributed by atoms with Gasteiger partial charge < -0.3 is 10.1 Å². The molecule has 1 amide bonds. The number of aromatic nitrogens is 2. The number of aryl methyl sites for hydroxylation is 2. The summed E-state index contributed by atoms with van der Waals surface area (Å²) in [7, 11) is 0. The third kappa shape index (κ3) is 5.63. The molecular formula is C22H25N3O2S. The molecule has 6 heteroatoms. The molecule has 0 unspecified atom stereocenters. The maximum absolute atomic E-state index is 12.5. The first-order chi connectivity index (χ1) is 13.7. The Labute approximate surface area is 169 Å². The van der Waals surface area contributed by atoms with Crippen LogP contribution in [0.3, 0.4) is 0 Å². The Morgan fingerprint density at radius 3 is 2.79 bits per heavy atom. The van der Waals surface area contributed by atoms with Crippen molar-refractivity contribution in [2.45, 2.75) is 46.3 Å². The minimum Gasteiger partial charge on any atom is -0.473 e. The van der Waals surface area contributed by atoms with E-state index in [0.29, 0.717) is 23.9 Å². The third-order valence-corrected chi connectivity index (χ3v) is 5.49. The molecule has 146 valence electrons. The summed E-state index contributed by atoms with van der Waals surface area (Å²) in [5.74, 6) is 0.465. The Balaban J connectivity index is 1.55. The van der Waals surface area contributed by atoms with E-state index in [2.05, 4.69) is 22.2 Å². The van der Waals surface area contributed by atoms with Crippen LogP contribution in [0.4, 0.5) is 0 Å². The Kier molecular flexibility index (Phi) is 7.14. The van der Waals surface area contributed by atoms with Crippen LogP contribution in [0.2, 0.25) is 0 Å². The molecule has 3 aromatic rings. The summed E-state index contributed by atoms with van der Waals surface area (Å²) in [6.07, 6.45) is 4.85. The number of ether oxygens (including phenoxy) is 1. The van der Waals surface area contributed by atoms with Gasteiger partial charge in [0.2, 0.25) is 5.88 Å². The average molecular weight is 396 g/mol. The number of thiazole rings is 1. The molecule has 0 saturated heterocycles. The number of nitrogens with zero attached hydrogens (tertiary/aromatic N) is 2. The molecule has 1 N–H and O–H groups in total. The summed E-state index contributed by atoms with van der Waals surface area (Å²) in [6.45, 7) is 4.93. The van der Waals surface area contributed by atoms with Crippen molar-refractivity contribution in [2.24, 2.45) is 0 Å². The maximum Gasteiger partial charge on any atom is 0.263 e. The van der Waals surface area contributed by atoms with Crippen LogP contribution in [0.5, 0.6) is 5.88 Å². The number of amides is 1. The summed E-state index contributed by atoms with van der Waals surface area (Å²) in [5.41, 5.74) is 2.83. The quantitative estimate of drug-likeness (QED) is 0.570. The molecule has 0 aliphatic heterocycles. The monoisotopic (exact) mass is 395 g/mol. The van der Waals surface area contributed by atoms with Crippen LogP contribution in [0.1, 0.15) is 51.3 Å². The lowest BCUT2D eigenvalue weighted by Crippen LogP contribution is -2.22. The molecule has 2 heterocycles. The van der Waals surface area contributed by atoms with Gasteiger partial charge >= 0.3 is 0 Å². The van der Waals surface area contributed by atoms with Crippen LogP contribution in [-0.4, -0.2) is 15.9 Å². The third-order valence-electron chi connectivity index (χ3n) is 4.27. The van der Waals surface area contributed by atoms with Crippen molar-refractivity contribution in [3.05, 3.63) is 75.4 Å². The Morgan fingerprint density at radius 1 is 1.18 bits per heavy atom. The Hall–Kier alpha value is -2.73. The van der Waals surface area contributed by atoms with Gasteiger partial charge in [0.1, 0.15) is 11.5 Å². The topological polar surface area (TPSA) is 64.1 Å². The summed E-state index contributed by atoms with van der Waals surface area (Å²) < 4.78 is 5.75. The standard InChI is InChI=1S/C22H25N3O2S/c1-3-4-10-20-25-16(2)21(28-20)22(26)24-14-18-11-12-23-19(13-18)27-15-17-8-6-5-7-9-17/h5-9,11-13H,3-4,10,14-15H2,1-2H3,(H,24,26). The summed E-state index contributed by atoms with van der Waals surface area (Å²) >= 11 is 1.49. The zero-order chi connectivity index (χ0) is 19.8. The SMILES string of the molecule is CCCCc1nc(C)c(C(=O)NCc2ccnc(OCc3ccccc3)c2)s1. The van der Waals surface area contributed by atoms with E-state index in [0.717, 1.165) is 41.1 Å². The van der Waals surface area contributed by atoms with Crippen LogP contribution in [-0.2, 0) is 19.6 Å². The number of unbranched alkanes of at least 4 members (excludes halogenated alkanes) is 1. The van der Waals surface area contributed by atoms with Crippen molar-refractivity contribution >= 4 is 17.2 Å². The molecule has 0 saturated carbocycles. The lowest BCUT2D eigenvalue weighted by atomic mass is 10.2. The normalized spacial score (nSPS) is 10.6. The van der Waals surface area contributed by atoms with Crippen LogP contribution in [0, 0.1) is 6.92 Å². The predicted molar refractivity (Wildman–Crippen MR) is 112 cm³/mol. The van der Waals surface area contributed by atoms with Gasteiger partial charge in [-0.1, -0.05) is 43.7 Å². The first kappa shape index (κ1) is 20.0. The first-order valence-corrected chi connectivity index (χ1v) is 10.3. The molecule has 0 fully saturated rings. The van der Waals surface area contributed by atoms with E-state index < -0.39 is 0 Å². The van der Waals surface area contributed by atoms with Crippen LogP contribution < -0.4 is 10.1 Å². The van der Waals surface area contributed by atoms with Crippen molar-refractivity contribution in [3.8, 4) is 5.88 Å². The highest BCUT2D eigenvalue weighted by Gasteiger charge is 2.15. The molecule has 0 bridgehead atoms. The van der Waals surface area contributed by atoms with Crippen molar-refractivity contribution in [1.29, 1.82) is 0 Å². The molecule has 3 rings (SSSR count).